The van der Waals surface area contributed by atoms with Gasteiger partial charge in [-0.1, -0.05) is 19.1 Å². The fourth-order valence-corrected chi connectivity index (χ4v) is 1.21. The molecule has 0 aromatic rings. The Bertz CT molecular complexity index is 175. The van der Waals surface area contributed by atoms with Crippen molar-refractivity contribution in [2.24, 2.45) is 0 Å². The molecular weight excluding hydrogens is 164 g/mol. The Balaban J connectivity index is 2.12. The van der Waals surface area contributed by atoms with Crippen LogP contribution in [0.1, 0.15) is 39.0 Å². The summed E-state index contributed by atoms with van der Waals surface area (Å²) in [5, 5.41) is 0. The molecule has 0 bridgehead atoms. The molecule has 0 N–H and O–H groups in total. The third-order valence-corrected chi connectivity index (χ3v) is 1.98. The predicted octanol–water partition coefficient (Wildman–Crippen LogP) is 3.00. The van der Waals surface area contributed by atoms with Crippen LogP contribution < -0.4 is 0 Å². The van der Waals surface area contributed by atoms with E-state index in [4.69, 9.17) is 9.47 Å². The van der Waals surface area contributed by atoms with Crippen LogP contribution in [0, 0.1) is 0 Å². The number of hydrogen-bond donors (Lipinski definition) is 0. The zero-order valence-electron chi connectivity index (χ0n) is 8.29. The van der Waals surface area contributed by atoms with Crippen LogP contribution in [-0.2, 0) is 9.47 Å². The zero-order chi connectivity index (χ0) is 9.36. The average molecular weight is 182 g/mol. The van der Waals surface area contributed by atoms with Crippen LogP contribution in [0.4, 0.5) is 0 Å². The molecule has 1 atom stereocenters. The first-order chi connectivity index (χ1) is 6.43. The highest BCUT2D eigenvalue weighted by Crippen LogP contribution is 2.13. The van der Waals surface area contributed by atoms with Gasteiger partial charge in [-0.15, -0.1) is 0 Å². The highest BCUT2D eigenvalue weighted by atomic mass is 16.7. The standard InChI is InChI=1S/C11H18O2/c1-2-3-4-6-9-12-11-8-5-7-10-13-11/h4,9,11H,2-3,5,7-8,10H2,1H3. The van der Waals surface area contributed by atoms with Gasteiger partial charge in [-0.25, -0.2) is 0 Å². The normalized spacial score (nSPS) is 21.8. The van der Waals surface area contributed by atoms with E-state index in [-0.39, 0.29) is 6.29 Å². The number of ether oxygens (including phenoxy) is 2. The van der Waals surface area contributed by atoms with E-state index in [0.29, 0.717) is 0 Å². The van der Waals surface area contributed by atoms with Crippen molar-refractivity contribution in [3.8, 4) is 0 Å². The van der Waals surface area contributed by atoms with E-state index < -0.39 is 0 Å². The summed E-state index contributed by atoms with van der Waals surface area (Å²) in [4.78, 5) is 0. The maximum Gasteiger partial charge on any atom is 0.199 e. The summed E-state index contributed by atoms with van der Waals surface area (Å²) >= 11 is 0. The summed E-state index contributed by atoms with van der Waals surface area (Å²) in [7, 11) is 0. The lowest BCUT2D eigenvalue weighted by Gasteiger charge is -2.20. The van der Waals surface area contributed by atoms with Crippen molar-refractivity contribution in [2.75, 3.05) is 6.61 Å². The Morgan fingerprint density at radius 3 is 3.15 bits per heavy atom. The van der Waals surface area contributed by atoms with Gasteiger partial charge in [0, 0.05) is 6.42 Å². The summed E-state index contributed by atoms with van der Waals surface area (Å²) < 4.78 is 10.7. The fourth-order valence-electron chi connectivity index (χ4n) is 1.21. The van der Waals surface area contributed by atoms with Gasteiger partial charge in [-0.3, -0.25) is 0 Å². The topological polar surface area (TPSA) is 18.5 Å². The second-order valence-electron chi connectivity index (χ2n) is 3.21. The average Bonchev–Trinajstić information content (AvgIpc) is 2.19. The Morgan fingerprint density at radius 1 is 1.54 bits per heavy atom. The van der Waals surface area contributed by atoms with Crippen LogP contribution in [0.25, 0.3) is 0 Å². The third kappa shape index (κ3) is 4.76. The molecular formula is C11H18O2. The lowest BCUT2D eigenvalue weighted by atomic mass is 10.2. The lowest BCUT2D eigenvalue weighted by molar-refractivity contribution is -0.129. The molecule has 2 nitrogen and oxygen atoms in total. The molecule has 1 aliphatic heterocycles. The number of rotatable bonds is 4. The van der Waals surface area contributed by atoms with Gasteiger partial charge in [0.05, 0.1) is 6.61 Å². The molecule has 0 spiro atoms. The fraction of sp³-hybridized carbons (Fsp3) is 0.727. The van der Waals surface area contributed by atoms with Crippen molar-refractivity contribution in [1.82, 2.24) is 0 Å². The highest BCUT2D eigenvalue weighted by molar-refractivity contribution is 4.79. The molecule has 1 unspecified atom stereocenters. The highest BCUT2D eigenvalue weighted by Gasteiger charge is 2.12. The molecule has 0 radical (unpaired) electrons. The van der Waals surface area contributed by atoms with Crippen LogP contribution in [0.3, 0.4) is 0 Å². The van der Waals surface area contributed by atoms with Crippen LogP contribution in [0.5, 0.6) is 0 Å². The second kappa shape index (κ2) is 6.76. The van der Waals surface area contributed by atoms with Crippen molar-refractivity contribution >= 4 is 0 Å². The molecule has 1 rings (SSSR count). The van der Waals surface area contributed by atoms with E-state index in [1.165, 1.54) is 6.42 Å². The summed E-state index contributed by atoms with van der Waals surface area (Å²) in [6.07, 6.45) is 9.16. The maximum atomic E-state index is 5.38. The lowest BCUT2D eigenvalue weighted by Crippen LogP contribution is -2.19. The number of allylic oxidation sites excluding steroid dienone is 1. The zero-order valence-corrected chi connectivity index (χ0v) is 8.29. The maximum absolute atomic E-state index is 5.38. The van der Waals surface area contributed by atoms with Crippen molar-refractivity contribution < 1.29 is 9.47 Å². The van der Waals surface area contributed by atoms with Gasteiger partial charge < -0.3 is 9.47 Å². The third-order valence-electron chi connectivity index (χ3n) is 1.98. The van der Waals surface area contributed by atoms with Crippen LogP contribution in [-0.4, -0.2) is 12.9 Å². The SMILES string of the molecule is CCCC=C=COC1CCCCO1. The molecule has 0 aromatic carbocycles. The van der Waals surface area contributed by atoms with Crippen molar-refractivity contribution in [1.29, 1.82) is 0 Å². The quantitative estimate of drug-likeness (QED) is 0.491. The van der Waals surface area contributed by atoms with E-state index in [9.17, 15) is 0 Å². The molecule has 2 heteroatoms. The Labute approximate surface area is 80.2 Å². The van der Waals surface area contributed by atoms with Gasteiger partial charge in [0.1, 0.15) is 6.26 Å². The van der Waals surface area contributed by atoms with E-state index in [2.05, 4.69) is 12.7 Å². The van der Waals surface area contributed by atoms with Gasteiger partial charge in [0.2, 0.25) is 0 Å². The number of hydrogen-bond acceptors (Lipinski definition) is 2. The monoisotopic (exact) mass is 182 g/mol. The van der Waals surface area contributed by atoms with Gasteiger partial charge in [0.15, 0.2) is 6.29 Å². The van der Waals surface area contributed by atoms with E-state index >= 15 is 0 Å². The molecule has 74 valence electrons. The molecule has 0 aromatic heterocycles. The minimum absolute atomic E-state index is 0.0312. The summed E-state index contributed by atoms with van der Waals surface area (Å²) in [6.45, 7) is 2.97. The van der Waals surface area contributed by atoms with Crippen LogP contribution in [0.15, 0.2) is 18.1 Å². The van der Waals surface area contributed by atoms with Crippen molar-refractivity contribution in [3.05, 3.63) is 18.1 Å². The summed E-state index contributed by atoms with van der Waals surface area (Å²) in [6, 6.07) is 0. The Kier molecular flexibility index (Phi) is 5.39. The van der Waals surface area contributed by atoms with Crippen molar-refractivity contribution in [2.45, 2.75) is 45.3 Å². The first-order valence-electron chi connectivity index (χ1n) is 5.10. The summed E-state index contributed by atoms with van der Waals surface area (Å²) in [5.74, 6) is 0. The minimum Gasteiger partial charge on any atom is -0.464 e. The largest absolute Gasteiger partial charge is 0.464 e. The Morgan fingerprint density at radius 2 is 2.46 bits per heavy atom. The Hall–Kier alpha value is -0.720. The van der Waals surface area contributed by atoms with E-state index in [1.54, 1.807) is 6.26 Å². The van der Waals surface area contributed by atoms with Crippen LogP contribution >= 0.6 is 0 Å². The second-order valence-corrected chi connectivity index (χ2v) is 3.21. The van der Waals surface area contributed by atoms with Crippen LogP contribution in [0.2, 0.25) is 0 Å². The first kappa shape index (κ1) is 10.4. The summed E-state index contributed by atoms with van der Waals surface area (Å²) in [5.41, 5.74) is 2.98. The smallest absolute Gasteiger partial charge is 0.199 e. The first-order valence-corrected chi connectivity index (χ1v) is 5.10. The molecule has 1 fully saturated rings. The van der Waals surface area contributed by atoms with Gasteiger partial charge >= 0.3 is 0 Å². The predicted molar refractivity (Wildman–Crippen MR) is 52.2 cm³/mol. The van der Waals surface area contributed by atoms with Crippen molar-refractivity contribution in [3.63, 3.8) is 0 Å². The molecule has 0 saturated carbocycles. The van der Waals surface area contributed by atoms with E-state index in [1.807, 2.05) is 6.08 Å². The van der Waals surface area contributed by atoms with Gasteiger partial charge in [-0.2, -0.15) is 0 Å². The number of unbranched alkanes of at least 4 members (excludes halogenated alkanes) is 1. The van der Waals surface area contributed by atoms with Gasteiger partial charge in [0.25, 0.3) is 0 Å². The minimum atomic E-state index is -0.0312. The molecule has 0 aliphatic carbocycles. The molecule has 1 aliphatic rings. The van der Waals surface area contributed by atoms with E-state index in [0.717, 1.165) is 32.3 Å². The molecule has 0 amide bonds. The van der Waals surface area contributed by atoms with Gasteiger partial charge in [-0.05, 0) is 25.3 Å². The molecule has 1 saturated heterocycles. The molecule has 1 heterocycles. The molecule has 13 heavy (non-hydrogen) atoms.